The highest BCUT2D eigenvalue weighted by atomic mass is 16.3. The van der Waals surface area contributed by atoms with Crippen molar-refractivity contribution in [2.45, 2.75) is 19.3 Å². The van der Waals surface area contributed by atoms with E-state index in [4.69, 9.17) is 19.4 Å². The van der Waals surface area contributed by atoms with Gasteiger partial charge in [-0.25, -0.2) is 15.0 Å². The third-order valence-corrected chi connectivity index (χ3v) is 12.9. The molecule has 1 aliphatic rings. The molecule has 4 nitrogen and oxygen atoms in total. The summed E-state index contributed by atoms with van der Waals surface area (Å²) in [4.78, 5) is 15.7. The van der Waals surface area contributed by atoms with Gasteiger partial charge in [0.25, 0.3) is 0 Å². The van der Waals surface area contributed by atoms with Crippen molar-refractivity contribution in [3.63, 3.8) is 0 Å². The molecule has 4 heteroatoms. The number of hydrogen-bond acceptors (Lipinski definition) is 4. The van der Waals surface area contributed by atoms with Crippen LogP contribution in [0.4, 0.5) is 0 Å². The summed E-state index contributed by atoms with van der Waals surface area (Å²) in [7, 11) is 0. The van der Waals surface area contributed by atoms with E-state index < -0.39 is 0 Å². The van der Waals surface area contributed by atoms with Crippen LogP contribution in [0.15, 0.2) is 217 Å². The predicted octanol–water partition coefficient (Wildman–Crippen LogP) is 15.7. The Hall–Kier alpha value is -8.21. The summed E-state index contributed by atoms with van der Waals surface area (Å²) in [6, 6.07) is 74.9. The first-order valence-corrected chi connectivity index (χ1v) is 21.8. The number of hydrogen-bond donors (Lipinski definition) is 0. The summed E-state index contributed by atoms with van der Waals surface area (Å²) < 4.78 is 6.66. The maximum atomic E-state index is 6.66. The van der Waals surface area contributed by atoms with E-state index in [1.807, 2.05) is 12.1 Å². The van der Waals surface area contributed by atoms with Crippen LogP contribution in [0.1, 0.15) is 25.0 Å². The van der Waals surface area contributed by atoms with Gasteiger partial charge >= 0.3 is 0 Å². The second kappa shape index (κ2) is 15.0. The van der Waals surface area contributed by atoms with Crippen molar-refractivity contribution in [2.75, 3.05) is 0 Å². The van der Waals surface area contributed by atoms with Crippen LogP contribution in [0.5, 0.6) is 0 Å². The van der Waals surface area contributed by atoms with E-state index in [2.05, 4.69) is 214 Å². The van der Waals surface area contributed by atoms with Gasteiger partial charge in [-0.3, -0.25) is 0 Å². The van der Waals surface area contributed by atoms with E-state index in [1.165, 1.54) is 38.9 Å². The van der Waals surface area contributed by atoms with Crippen LogP contribution in [0.2, 0.25) is 0 Å². The van der Waals surface area contributed by atoms with Gasteiger partial charge in [-0.2, -0.15) is 0 Å². The molecule has 9 aromatic carbocycles. The molecule has 0 fully saturated rings. The Bertz CT molecular complexity index is 3590. The number of benzene rings is 9. The Morgan fingerprint density at radius 1 is 0.328 bits per heavy atom. The zero-order valence-corrected chi connectivity index (χ0v) is 35.5. The minimum Gasteiger partial charge on any atom is -0.456 e. The standard InChI is InChI=1S/C60H41N3O/c1-60(2)52-30-10-9-26-49(52)50-29-14-28-48(56(50)60)43-23-13-25-45(36-43)58-61-57(44-24-12-21-41(35-44)39-18-7-4-8-19-39)62-59(63-58)46-32-33-51-54(37-46)64-53-31-15-27-47(55(51)53)42-22-11-20-40(34-42)38-16-5-3-6-17-38/h3-37H,1-2H3. The molecule has 302 valence electrons. The first-order chi connectivity index (χ1) is 31.5. The molecular weight excluding hydrogens is 779 g/mol. The second-order valence-corrected chi connectivity index (χ2v) is 17.2. The summed E-state index contributed by atoms with van der Waals surface area (Å²) in [6.45, 7) is 4.67. The lowest BCUT2D eigenvalue weighted by Crippen LogP contribution is -2.16. The van der Waals surface area contributed by atoms with Crippen LogP contribution < -0.4 is 0 Å². The van der Waals surface area contributed by atoms with Gasteiger partial charge in [-0.05, 0) is 103 Å². The first kappa shape index (κ1) is 37.5. The molecule has 11 aromatic rings. The molecule has 0 bridgehead atoms. The summed E-state index contributed by atoms with van der Waals surface area (Å²) in [5, 5.41) is 2.12. The highest BCUT2D eigenvalue weighted by molar-refractivity contribution is 6.13. The maximum Gasteiger partial charge on any atom is 0.164 e. The van der Waals surface area contributed by atoms with Gasteiger partial charge in [0, 0.05) is 32.9 Å². The van der Waals surface area contributed by atoms with Crippen molar-refractivity contribution in [2.24, 2.45) is 0 Å². The molecule has 64 heavy (non-hydrogen) atoms. The van der Waals surface area contributed by atoms with E-state index in [9.17, 15) is 0 Å². The van der Waals surface area contributed by atoms with E-state index in [0.29, 0.717) is 17.5 Å². The minimum atomic E-state index is -0.155. The average Bonchev–Trinajstić information content (AvgIpc) is 3.86. The molecule has 2 heterocycles. The second-order valence-electron chi connectivity index (χ2n) is 17.2. The van der Waals surface area contributed by atoms with E-state index in [1.54, 1.807) is 0 Å². The lowest BCUT2D eigenvalue weighted by atomic mass is 9.79. The monoisotopic (exact) mass is 819 g/mol. The van der Waals surface area contributed by atoms with Crippen molar-refractivity contribution < 1.29 is 4.42 Å². The Labute approximate surface area is 372 Å². The number of furan rings is 1. The molecule has 0 amide bonds. The SMILES string of the molecule is CC1(C)c2ccccc2-c2cccc(-c3cccc(-c4nc(-c5cccc(-c6ccccc6)c5)nc(-c5ccc6c(c5)oc5cccc(-c7cccc(-c8ccccc8)c7)c56)n4)c3)c21. The molecule has 12 rings (SSSR count). The smallest absolute Gasteiger partial charge is 0.164 e. The van der Waals surface area contributed by atoms with E-state index >= 15 is 0 Å². The van der Waals surface area contributed by atoms with Crippen LogP contribution in [-0.2, 0) is 5.41 Å². The summed E-state index contributed by atoms with van der Waals surface area (Å²) >= 11 is 0. The fraction of sp³-hybridized carbons (Fsp3) is 0.0500. The quantitative estimate of drug-likeness (QED) is 0.161. The number of aromatic nitrogens is 3. The fourth-order valence-corrected chi connectivity index (χ4v) is 9.85. The van der Waals surface area contributed by atoms with Gasteiger partial charge in [0.05, 0.1) is 0 Å². The highest BCUT2D eigenvalue weighted by Crippen LogP contribution is 2.52. The largest absolute Gasteiger partial charge is 0.456 e. The molecular formula is C60H41N3O. The Morgan fingerprint density at radius 3 is 1.45 bits per heavy atom. The maximum absolute atomic E-state index is 6.66. The molecule has 0 saturated heterocycles. The van der Waals surface area contributed by atoms with Gasteiger partial charge in [0.1, 0.15) is 11.2 Å². The molecule has 0 aliphatic heterocycles. The van der Waals surface area contributed by atoms with E-state index in [-0.39, 0.29) is 5.41 Å². The average molecular weight is 820 g/mol. The number of rotatable bonds is 7. The van der Waals surface area contributed by atoms with Crippen LogP contribution in [-0.4, -0.2) is 15.0 Å². The van der Waals surface area contributed by atoms with Crippen LogP contribution in [0.25, 0.3) is 112 Å². The van der Waals surface area contributed by atoms with Gasteiger partial charge < -0.3 is 4.42 Å². The van der Waals surface area contributed by atoms with Gasteiger partial charge in [0.15, 0.2) is 17.5 Å². The van der Waals surface area contributed by atoms with Crippen LogP contribution in [0, 0.1) is 0 Å². The molecule has 2 aromatic heterocycles. The van der Waals surface area contributed by atoms with Gasteiger partial charge in [-0.15, -0.1) is 0 Å². The van der Waals surface area contributed by atoms with Crippen LogP contribution >= 0.6 is 0 Å². The van der Waals surface area contributed by atoms with Gasteiger partial charge in [0.2, 0.25) is 0 Å². The van der Waals surface area contributed by atoms with Crippen LogP contribution in [0.3, 0.4) is 0 Å². The first-order valence-electron chi connectivity index (χ1n) is 21.8. The zero-order valence-electron chi connectivity index (χ0n) is 35.5. The number of nitrogens with zero attached hydrogens (tertiary/aromatic N) is 3. The van der Waals surface area contributed by atoms with Crippen molar-refractivity contribution in [3.05, 3.63) is 223 Å². The number of fused-ring (bicyclic) bond motifs is 6. The molecule has 0 radical (unpaired) electrons. The lowest BCUT2D eigenvalue weighted by molar-refractivity contribution is 0.662. The van der Waals surface area contributed by atoms with Crippen molar-refractivity contribution in [3.8, 4) is 89.8 Å². The Morgan fingerprint density at radius 2 is 0.781 bits per heavy atom. The third-order valence-electron chi connectivity index (χ3n) is 12.9. The predicted molar refractivity (Wildman–Crippen MR) is 263 cm³/mol. The topological polar surface area (TPSA) is 51.8 Å². The Balaban J connectivity index is 0.995. The zero-order chi connectivity index (χ0) is 42.8. The van der Waals surface area contributed by atoms with E-state index in [0.717, 1.165) is 66.4 Å². The third kappa shape index (κ3) is 6.34. The molecule has 0 spiro atoms. The molecule has 0 unspecified atom stereocenters. The fourth-order valence-electron chi connectivity index (χ4n) is 9.85. The molecule has 0 N–H and O–H groups in total. The lowest BCUT2D eigenvalue weighted by Gasteiger charge is -2.24. The Kier molecular flexibility index (Phi) is 8.80. The van der Waals surface area contributed by atoms with Crippen molar-refractivity contribution in [1.29, 1.82) is 0 Å². The summed E-state index contributed by atoms with van der Waals surface area (Å²) in [5.74, 6) is 1.78. The molecule has 0 atom stereocenters. The van der Waals surface area contributed by atoms with Crippen molar-refractivity contribution in [1.82, 2.24) is 15.0 Å². The molecule has 0 saturated carbocycles. The normalized spacial score (nSPS) is 12.7. The molecule has 1 aliphatic carbocycles. The van der Waals surface area contributed by atoms with Crippen molar-refractivity contribution >= 4 is 21.9 Å². The summed E-state index contributed by atoms with van der Waals surface area (Å²) in [6.07, 6.45) is 0. The van der Waals surface area contributed by atoms with Gasteiger partial charge in [-0.1, -0.05) is 190 Å². The highest BCUT2D eigenvalue weighted by Gasteiger charge is 2.37. The summed E-state index contributed by atoms with van der Waals surface area (Å²) in [5.41, 5.74) is 18.6. The minimum absolute atomic E-state index is 0.155.